The number of rotatable bonds is 4. The Kier molecular flexibility index (Phi) is 4.81. The molecule has 1 aliphatic heterocycles. The Labute approximate surface area is 121 Å². The van der Waals surface area contributed by atoms with Gasteiger partial charge in [-0.05, 0) is 37.6 Å². The highest BCUT2D eigenvalue weighted by Crippen LogP contribution is 2.36. The molecule has 2 rings (SSSR count). The van der Waals surface area contributed by atoms with Crippen LogP contribution >= 0.6 is 0 Å². The molecule has 5 nitrogen and oxygen atoms in total. The molecule has 3 atom stereocenters. The van der Waals surface area contributed by atoms with Gasteiger partial charge in [-0.3, -0.25) is 0 Å². The van der Waals surface area contributed by atoms with Crippen LogP contribution in [0.5, 0.6) is 0 Å². The summed E-state index contributed by atoms with van der Waals surface area (Å²) in [6.45, 7) is 12.3. The molecule has 1 fully saturated rings. The lowest BCUT2D eigenvalue weighted by Gasteiger charge is -2.28. The smallest absolute Gasteiger partial charge is 0.244 e. The van der Waals surface area contributed by atoms with Crippen LogP contribution in [0.2, 0.25) is 0 Å². The van der Waals surface area contributed by atoms with Gasteiger partial charge in [0.15, 0.2) is 0 Å². The molecule has 1 aromatic heterocycles. The Hall–Kier alpha value is -0.940. The van der Waals surface area contributed by atoms with E-state index in [1.54, 1.807) is 0 Å². The summed E-state index contributed by atoms with van der Waals surface area (Å²) in [6, 6.07) is 0.173. The normalized spacial score (nSPS) is 25.6. The van der Waals surface area contributed by atoms with Crippen LogP contribution in [0.1, 0.15) is 71.3 Å². The van der Waals surface area contributed by atoms with E-state index >= 15 is 0 Å². The Balaban J connectivity index is 2.18. The van der Waals surface area contributed by atoms with Gasteiger partial charge in [-0.2, -0.15) is 4.98 Å². The molecule has 20 heavy (non-hydrogen) atoms. The second-order valence-electron chi connectivity index (χ2n) is 6.74. The van der Waals surface area contributed by atoms with Crippen LogP contribution in [-0.4, -0.2) is 23.3 Å². The maximum Gasteiger partial charge on any atom is 0.244 e. The van der Waals surface area contributed by atoms with Gasteiger partial charge in [0.25, 0.3) is 0 Å². The van der Waals surface area contributed by atoms with Crippen LogP contribution < -0.4 is 5.32 Å². The topological polar surface area (TPSA) is 60.2 Å². The van der Waals surface area contributed by atoms with E-state index in [2.05, 4.69) is 43.2 Å². The van der Waals surface area contributed by atoms with Crippen molar-refractivity contribution in [2.75, 3.05) is 13.2 Å². The van der Waals surface area contributed by atoms with Gasteiger partial charge in [0.2, 0.25) is 11.7 Å². The van der Waals surface area contributed by atoms with Gasteiger partial charge in [-0.15, -0.1) is 0 Å². The molecular weight excluding hydrogens is 254 g/mol. The first-order chi connectivity index (χ1) is 9.43. The monoisotopic (exact) mass is 281 g/mol. The molecular formula is C15H27N3O2. The van der Waals surface area contributed by atoms with Crippen LogP contribution in [0.4, 0.5) is 0 Å². The zero-order chi connectivity index (χ0) is 14.8. The van der Waals surface area contributed by atoms with Crippen LogP contribution in [0.15, 0.2) is 4.52 Å². The molecule has 0 aromatic carbocycles. The molecule has 114 valence electrons. The second-order valence-corrected chi connectivity index (χ2v) is 6.74. The fourth-order valence-electron chi connectivity index (χ4n) is 2.74. The number of nitrogens with one attached hydrogen (secondary N) is 1. The maximum absolute atomic E-state index is 5.81. The average Bonchev–Trinajstić information content (AvgIpc) is 2.84. The lowest BCUT2D eigenvalue weighted by atomic mass is 9.88. The fourth-order valence-corrected chi connectivity index (χ4v) is 2.74. The predicted octanol–water partition coefficient (Wildman–Crippen LogP) is 3.25. The largest absolute Gasteiger partial charge is 0.370 e. The standard InChI is InChI=1S/C15H27N3O2/c1-6-19-12(15(3,4)5)13-17-14(20-18-13)11-10(2)8-7-9-16-11/h10-12,16H,6-9H2,1-5H3. The Morgan fingerprint density at radius 2 is 2.20 bits per heavy atom. The van der Waals surface area contributed by atoms with Gasteiger partial charge < -0.3 is 14.6 Å². The summed E-state index contributed by atoms with van der Waals surface area (Å²) in [5.74, 6) is 1.88. The molecule has 0 saturated carbocycles. The molecule has 5 heteroatoms. The first kappa shape index (κ1) is 15.4. The van der Waals surface area contributed by atoms with E-state index in [1.807, 2.05) is 6.92 Å². The zero-order valence-electron chi connectivity index (χ0n) is 13.3. The molecule has 2 heterocycles. The van der Waals surface area contributed by atoms with Crippen molar-refractivity contribution in [1.82, 2.24) is 15.5 Å². The van der Waals surface area contributed by atoms with E-state index in [0.29, 0.717) is 24.2 Å². The summed E-state index contributed by atoms with van der Waals surface area (Å²) in [6.07, 6.45) is 2.27. The van der Waals surface area contributed by atoms with E-state index in [1.165, 1.54) is 12.8 Å². The van der Waals surface area contributed by atoms with Crippen LogP contribution in [0, 0.1) is 11.3 Å². The number of ether oxygens (including phenoxy) is 1. The number of piperidine rings is 1. The summed E-state index contributed by atoms with van der Waals surface area (Å²) in [5, 5.41) is 7.63. The molecule has 1 aromatic rings. The molecule has 1 saturated heterocycles. The predicted molar refractivity (Wildman–Crippen MR) is 77.3 cm³/mol. The third-order valence-electron chi connectivity index (χ3n) is 3.85. The summed E-state index contributed by atoms with van der Waals surface area (Å²) in [5.41, 5.74) is -0.0528. The van der Waals surface area contributed by atoms with E-state index in [0.717, 1.165) is 6.54 Å². The minimum Gasteiger partial charge on any atom is -0.370 e. The molecule has 1 N–H and O–H groups in total. The van der Waals surface area contributed by atoms with Crippen molar-refractivity contribution >= 4 is 0 Å². The molecule has 0 amide bonds. The number of aromatic nitrogens is 2. The van der Waals surface area contributed by atoms with Gasteiger partial charge in [0.1, 0.15) is 6.10 Å². The number of nitrogens with zero attached hydrogens (tertiary/aromatic N) is 2. The second kappa shape index (κ2) is 6.22. The lowest BCUT2D eigenvalue weighted by molar-refractivity contribution is -0.0203. The van der Waals surface area contributed by atoms with Crippen molar-refractivity contribution in [3.8, 4) is 0 Å². The minimum atomic E-state index is -0.135. The fraction of sp³-hybridized carbons (Fsp3) is 0.867. The van der Waals surface area contributed by atoms with Gasteiger partial charge in [-0.25, -0.2) is 0 Å². The van der Waals surface area contributed by atoms with Crippen molar-refractivity contribution in [2.45, 2.75) is 59.6 Å². The molecule has 0 radical (unpaired) electrons. The summed E-state index contributed by atoms with van der Waals surface area (Å²) in [4.78, 5) is 4.60. The number of hydrogen-bond acceptors (Lipinski definition) is 5. The highest BCUT2D eigenvalue weighted by Gasteiger charge is 2.33. The van der Waals surface area contributed by atoms with Crippen molar-refractivity contribution in [3.05, 3.63) is 11.7 Å². The summed E-state index contributed by atoms with van der Waals surface area (Å²) >= 11 is 0. The van der Waals surface area contributed by atoms with Gasteiger partial charge in [-0.1, -0.05) is 32.9 Å². The van der Waals surface area contributed by atoms with Gasteiger partial charge >= 0.3 is 0 Å². The van der Waals surface area contributed by atoms with Gasteiger partial charge in [0, 0.05) is 6.61 Å². The summed E-state index contributed by atoms with van der Waals surface area (Å²) in [7, 11) is 0. The van der Waals surface area contributed by atoms with Gasteiger partial charge in [0.05, 0.1) is 6.04 Å². The quantitative estimate of drug-likeness (QED) is 0.918. The zero-order valence-corrected chi connectivity index (χ0v) is 13.3. The van der Waals surface area contributed by atoms with Crippen LogP contribution in [0.3, 0.4) is 0 Å². The first-order valence-corrected chi connectivity index (χ1v) is 7.62. The van der Waals surface area contributed by atoms with Crippen molar-refractivity contribution in [3.63, 3.8) is 0 Å². The maximum atomic E-state index is 5.81. The molecule has 1 aliphatic rings. The highest BCUT2D eigenvalue weighted by atomic mass is 16.5. The number of hydrogen-bond donors (Lipinski definition) is 1. The van der Waals surface area contributed by atoms with E-state index in [-0.39, 0.29) is 17.6 Å². The molecule has 0 spiro atoms. The van der Waals surface area contributed by atoms with Crippen molar-refractivity contribution in [2.24, 2.45) is 11.3 Å². The molecule has 0 aliphatic carbocycles. The van der Waals surface area contributed by atoms with Crippen molar-refractivity contribution < 1.29 is 9.26 Å². The third-order valence-corrected chi connectivity index (χ3v) is 3.85. The van der Waals surface area contributed by atoms with E-state index in [9.17, 15) is 0 Å². The van der Waals surface area contributed by atoms with Crippen LogP contribution in [0.25, 0.3) is 0 Å². The third kappa shape index (κ3) is 3.38. The van der Waals surface area contributed by atoms with E-state index < -0.39 is 0 Å². The lowest BCUT2D eigenvalue weighted by Crippen LogP contribution is -2.33. The average molecular weight is 281 g/mol. The van der Waals surface area contributed by atoms with E-state index in [4.69, 9.17) is 9.26 Å². The van der Waals surface area contributed by atoms with Crippen molar-refractivity contribution in [1.29, 1.82) is 0 Å². The van der Waals surface area contributed by atoms with Crippen LogP contribution in [-0.2, 0) is 4.74 Å². The SMILES string of the molecule is CCOC(c1noc(C2NCCCC2C)n1)C(C)(C)C. The highest BCUT2D eigenvalue weighted by molar-refractivity contribution is 5.01. The summed E-state index contributed by atoms with van der Waals surface area (Å²) < 4.78 is 11.3. The molecule has 0 bridgehead atoms. The Morgan fingerprint density at radius 3 is 2.80 bits per heavy atom. The molecule has 3 unspecified atom stereocenters. The Bertz CT molecular complexity index is 425. The Morgan fingerprint density at radius 1 is 1.45 bits per heavy atom. The first-order valence-electron chi connectivity index (χ1n) is 7.62. The minimum absolute atomic E-state index is 0.0528.